The Bertz CT molecular complexity index is 69.7. The first-order chi connectivity index (χ1) is 5.35. The third-order valence-electron chi connectivity index (χ3n) is 1.47. The van der Waals surface area contributed by atoms with Crippen LogP contribution in [0.5, 0.6) is 0 Å². The van der Waals surface area contributed by atoms with E-state index in [-0.39, 0.29) is 0 Å². The monoisotopic (exact) mass is 159 g/mol. The van der Waals surface area contributed by atoms with Crippen molar-refractivity contribution in [2.45, 2.75) is 26.7 Å². The van der Waals surface area contributed by atoms with Crippen LogP contribution in [0.1, 0.15) is 26.7 Å². The summed E-state index contributed by atoms with van der Waals surface area (Å²) in [5, 5.41) is 2.24. The van der Waals surface area contributed by atoms with Crippen molar-refractivity contribution < 1.29 is 0 Å². The van der Waals surface area contributed by atoms with Crippen molar-refractivity contribution in [3.05, 3.63) is 0 Å². The van der Waals surface area contributed by atoms with Crippen molar-refractivity contribution in [2.24, 2.45) is 5.73 Å². The van der Waals surface area contributed by atoms with E-state index >= 15 is 0 Å². The van der Waals surface area contributed by atoms with Gasteiger partial charge in [-0.3, -0.25) is 5.43 Å². The summed E-state index contributed by atoms with van der Waals surface area (Å²) < 4.78 is 0. The van der Waals surface area contributed by atoms with Crippen LogP contribution in [-0.2, 0) is 0 Å². The topological polar surface area (TPSA) is 41.3 Å². The third-order valence-corrected chi connectivity index (χ3v) is 1.47. The van der Waals surface area contributed by atoms with E-state index in [0.717, 1.165) is 19.6 Å². The first-order valence-electron chi connectivity index (χ1n) is 4.53. The van der Waals surface area contributed by atoms with E-state index in [4.69, 9.17) is 5.73 Å². The lowest BCUT2D eigenvalue weighted by Gasteiger charge is -2.21. The summed E-state index contributed by atoms with van der Waals surface area (Å²) in [4.78, 5) is 0. The van der Waals surface area contributed by atoms with E-state index in [0.29, 0.717) is 6.54 Å². The van der Waals surface area contributed by atoms with Crippen LogP contribution in [0.25, 0.3) is 0 Å². The molecule has 0 saturated heterocycles. The number of rotatable bonds is 7. The normalized spacial score (nSPS) is 10.9. The number of nitrogens with two attached hydrogens (primary N) is 1. The summed E-state index contributed by atoms with van der Waals surface area (Å²) in [6, 6.07) is 0. The summed E-state index contributed by atoms with van der Waals surface area (Å²) >= 11 is 0. The fraction of sp³-hybridized carbons (Fsp3) is 1.00. The second kappa shape index (κ2) is 7.98. The Morgan fingerprint density at radius 1 is 1.18 bits per heavy atom. The molecule has 0 saturated carbocycles. The zero-order chi connectivity index (χ0) is 8.53. The SMILES string of the molecule is CCCN(CCC)NCCN. The Labute approximate surface area is 69.9 Å². The highest BCUT2D eigenvalue weighted by Crippen LogP contribution is 1.88. The molecule has 3 nitrogen and oxygen atoms in total. The largest absolute Gasteiger partial charge is 0.329 e. The molecule has 0 aromatic rings. The molecule has 3 N–H and O–H groups in total. The van der Waals surface area contributed by atoms with Gasteiger partial charge in [-0.2, -0.15) is 0 Å². The molecular weight excluding hydrogens is 138 g/mol. The average Bonchev–Trinajstić information content (AvgIpc) is 2.01. The molecule has 0 amide bonds. The highest BCUT2D eigenvalue weighted by atomic mass is 15.5. The predicted octanol–water partition coefficient (Wildman–Crippen LogP) is 0.572. The van der Waals surface area contributed by atoms with E-state index in [9.17, 15) is 0 Å². The Balaban J connectivity index is 3.34. The highest BCUT2D eigenvalue weighted by Gasteiger charge is 1.98. The Kier molecular flexibility index (Phi) is 7.89. The number of hydrogen-bond donors (Lipinski definition) is 2. The molecule has 0 aromatic heterocycles. The van der Waals surface area contributed by atoms with Gasteiger partial charge in [0.05, 0.1) is 0 Å². The van der Waals surface area contributed by atoms with Gasteiger partial charge in [0, 0.05) is 26.2 Å². The molecule has 0 rings (SSSR count). The van der Waals surface area contributed by atoms with Crippen molar-refractivity contribution in [3.8, 4) is 0 Å². The summed E-state index contributed by atoms with van der Waals surface area (Å²) in [7, 11) is 0. The fourth-order valence-electron chi connectivity index (χ4n) is 1.03. The lowest BCUT2D eigenvalue weighted by atomic mass is 10.4. The maximum absolute atomic E-state index is 5.38. The Morgan fingerprint density at radius 3 is 2.09 bits per heavy atom. The van der Waals surface area contributed by atoms with Crippen LogP contribution in [-0.4, -0.2) is 31.2 Å². The zero-order valence-electron chi connectivity index (χ0n) is 7.77. The molecule has 3 heteroatoms. The molecule has 0 aromatic carbocycles. The average molecular weight is 159 g/mol. The third kappa shape index (κ3) is 6.28. The second-order valence-corrected chi connectivity index (χ2v) is 2.68. The molecule has 0 bridgehead atoms. The lowest BCUT2D eigenvalue weighted by molar-refractivity contribution is 0.191. The first-order valence-corrected chi connectivity index (χ1v) is 4.53. The van der Waals surface area contributed by atoms with Crippen molar-refractivity contribution in [1.29, 1.82) is 0 Å². The molecular formula is C8H21N3. The molecule has 0 heterocycles. The van der Waals surface area contributed by atoms with Crippen LogP contribution in [0.4, 0.5) is 0 Å². The zero-order valence-corrected chi connectivity index (χ0v) is 7.77. The summed E-state index contributed by atoms with van der Waals surface area (Å²) in [6.07, 6.45) is 2.38. The smallest absolute Gasteiger partial charge is 0.0225 e. The van der Waals surface area contributed by atoms with Crippen molar-refractivity contribution in [2.75, 3.05) is 26.2 Å². The van der Waals surface area contributed by atoms with Crippen molar-refractivity contribution >= 4 is 0 Å². The number of hydrazine groups is 1. The van der Waals surface area contributed by atoms with E-state index in [1.54, 1.807) is 0 Å². The van der Waals surface area contributed by atoms with Crippen LogP contribution in [0.15, 0.2) is 0 Å². The van der Waals surface area contributed by atoms with E-state index in [1.807, 2.05) is 0 Å². The Hall–Kier alpha value is -0.120. The number of nitrogens with zero attached hydrogens (tertiary/aromatic N) is 1. The predicted molar refractivity (Wildman–Crippen MR) is 49.2 cm³/mol. The van der Waals surface area contributed by atoms with E-state index < -0.39 is 0 Å². The molecule has 0 aliphatic rings. The van der Waals surface area contributed by atoms with Crippen molar-refractivity contribution in [1.82, 2.24) is 10.4 Å². The van der Waals surface area contributed by atoms with Gasteiger partial charge in [-0.25, -0.2) is 5.01 Å². The number of nitrogens with one attached hydrogen (secondary N) is 1. The molecule has 0 spiro atoms. The summed E-state index contributed by atoms with van der Waals surface area (Å²) in [5.41, 5.74) is 8.66. The first kappa shape index (κ1) is 10.9. The van der Waals surface area contributed by atoms with Crippen LogP contribution < -0.4 is 11.2 Å². The maximum Gasteiger partial charge on any atom is 0.0225 e. The van der Waals surface area contributed by atoms with Gasteiger partial charge in [-0.05, 0) is 12.8 Å². The highest BCUT2D eigenvalue weighted by molar-refractivity contribution is 4.50. The summed E-state index contributed by atoms with van der Waals surface area (Å²) in [5.74, 6) is 0. The molecule has 0 aliphatic carbocycles. The van der Waals surface area contributed by atoms with Gasteiger partial charge in [-0.1, -0.05) is 13.8 Å². The number of hydrogen-bond acceptors (Lipinski definition) is 3. The van der Waals surface area contributed by atoms with Crippen LogP contribution in [0, 0.1) is 0 Å². The van der Waals surface area contributed by atoms with Gasteiger partial charge >= 0.3 is 0 Å². The maximum atomic E-state index is 5.38. The van der Waals surface area contributed by atoms with Crippen molar-refractivity contribution in [3.63, 3.8) is 0 Å². The Morgan fingerprint density at radius 2 is 1.73 bits per heavy atom. The minimum Gasteiger partial charge on any atom is -0.329 e. The minimum absolute atomic E-state index is 0.712. The van der Waals surface area contributed by atoms with Gasteiger partial charge in [0.15, 0.2) is 0 Å². The molecule has 0 radical (unpaired) electrons. The van der Waals surface area contributed by atoms with Gasteiger partial charge in [-0.15, -0.1) is 0 Å². The lowest BCUT2D eigenvalue weighted by Crippen LogP contribution is -2.41. The van der Waals surface area contributed by atoms with Gasteiger partial charge in [0.1, 0.15) is 0 Å². The fourth-order valence-corrected chi connectivity index (χ4v) is 1.03. The van der Waals surface area contributed by atoms with Crippen LogP contribution in [0.2, 0.25) is 0 Å². The minimum atomic E-state index is 0.712. The van der Waals surface area contributed by atoms with E-state index in [1.165, 1.54) is 12.8 Å². The molecule has 0 fully saturated rings. The van der Waals surface area contributed by atoms with Gasteiger partial charge < -0.3 is 5.73 Å². The molecule has 11 heavy (non-hydrogen) atoms. The molecule has 0 aliphatic heterocycles. The quantitative estimate of drug-likeness (QED) is 0.534. The molecule has 68 valence electrons. The summed E-state index contributed by atoms with van der Waals surface area (Å²) in [6.45, 7) is 8.21. The second-order valence-electron chi connectivity index (χ2n) is 2.68. The molecule has 0 unspecified atom stereocenters. The van der Waals surface area contributed by atoms with E-state index in [2.05, 4.69) is 24.3 Å². The van der Waals surface area contributed by atoms with Crippen LogP contribution in [0.3, 0.4) is 0 Å². The standard InChI is InChI=1S/C8H21N3/c1-3-7-11(8-4-2)10-6-5-9/h10H,3-9H2,1-2H3. The molecule has 0 atom stereocenters. The van der Waals surface area contributed by atoms with Crippen LogP contribution >= 0.6 is 0 Å². The van der Waals surface area contributed by atoms with Gasteiger partial charge in [0.25, 0.3) is 0 Å². The van der Waals surface area contributed by atoms with Gasteiger partial charge in [0.2, 0.25) is 0 Å².